The fraction of sp³-hybridized carbons (Fsp3) is 0.562. The minimum Gasteiger partial charge on any atom is -0.353 e. The number of nitrogens with one attached hydrogen (secondary N) is 1. The van der Waals surface area contributed by atoms with Gasteiger partial charge in [-0.25, -0.2) is 4.98 Å². The van der Waals surface area contributed by atoms with Crippen molar-refractivity contribution < 1.29 is 4.79 Å². The van der Waals surface area contributed by atoms with Gasteiger partial charge in [-0.2, -0.15) is 5.26 Å². The molecule has 1 amide bonds. The van der Waals surface area contributed by atoms with E-state index in [2.05, 4.69) is 16.4 Å². The number of carbonyl (C=O) groups is 1. The van der Waals surface area contributed by atoms with E-state index in [1.54, 1.807) is 0 Å². The van der Waals surface area contributed by atoms with E-state index in [9.17, 15) is 10.1 Å². The molecule has 1 fully saturated rings. The molecule has 2 aliphatic rings. The molecule has 0 spiro atoms. The Morgan fingerprint density at radius 1 is 1.38 bits per heavy atom. The molecule has 0 atom stereocenters. The fourth-order valence-corrected chi connectivity index (χ4v) is 3.90. The SMILES string of the molecule is N#Cc1cc2c(nc1SCC(=O)NC1CCCC1)CCC2. The lowest BCUT2D eigenvalue weighted by atomic mass is 10.2. The third-order valence-corrected chi connectivity index (χ3v) is 5.19. The molecule has 0 radical (unpaired) electrons. The fourth-order valence-electron chi connectivity index (χ4n) is 3.12. The highest BCUT2D eigenvalue weighted by atomic mass is 32.2. The van der Waals surface area contributed by atoms with Crippen LogP contribution < -0.4 is 5.32 Å². The van der Waals surface area contributed by atoms with Crippen molar-refractivity contribution in [1.82, 2.24) is 10.3 Å². The number of pyridine rings is 1. The number of rotatable bonds is 4. The molecular weight excluding hydrogens is 282 g/mol. The van der Waals surface area contributed by atoms with Crippen molar-refractivity contribution in [2.45, 2.75) is 56.0 Å². The summed E-state index contributed by atoms with van der Waals surface area (Å²) >= 11 is 1.38. The second-order valence-electron chi connectivity index (χ2n) is 5.75. The Kier molecular flexibility index (Phi) is 4.45. The molecule has 3 rings (SSSR count). The van der Waals surface area contributed by atoms with E-state index in [-0.39, 0.29) is 5.91 Å². The van der Waals surface area contributed by atoms with Gasteiger partial charge in [0.2, 0.25) is 5.91 Å². The van der Waals surface area contributed by atoms with E-state index in [0.717, 1.165) is 37.8 Å². The maximum Gasteiger partial charge on any atom is 0.230 e. The Balaban J connectivity index is 1.62. The highest BCUT2D eigenvalue weighted by molar-refractivity contribution is 8.00. The number of aryl methyl sites for hydroxylation is 2. The number of fused-ring (bicyclic) bond motifs is 1. The Morgan fingerprint density at radius 2 is 2.19 bits per heavy atom. The number of hydrogen-bond donors (Lipinski definition) is 1. The van der Waals surface area contributed by atoms with Gasteiger partial charge in [0, 0.05) is 11.7 Å². The molecule has 21 heavy (non-hydrogen) atoms. The van der Waals surface area contributed by atoms with Crippen LogP contribution in [0.25, 0.3) is 0 Å². The second-order valence-corrected chi connectivity index (χ2v) is 6.71. The average molecular weight is 301 g/mol. The topological polar surface area (TPSA) is 65.8 Å². The maximum absolute atomic E-state index is 12.0. The average Bonchev–Trinajstić information content (AvgIpc) is 3.14. The van der Waals surface area contributed by atoms with Crippen molar-refractivity contribution in [1.29, 1.82) is 5.26 Å². The lowest BCUT2D eigenvalue weighted by Crippen LogP contribution is -2.33. The van der Waals surface area contributed by atoms with Gasteiger partial charge in [0.25, 0.3) is 0 Å². The minimum absolute atomic E-state index is 0.0538. The Morgan fingerprint density at radius 3 is 2.95 bits per heavy atom. The standard InChI is InChI=1S/C16H19N3OS/c17-9-12-8-11-4-3-7-14(11)19-16(12)21-10-15(20)18-13-5-1-2-6-13/h8,13H,1-7,10H2,(H,18,20). The first-order valence-corrected chi connectivity index (χ1v) is 8.60. The minimum atomic E-state index is 0.0538. The van der Waals surface area contributed by atoms with Gasteiger partial charge in [0.05, 0.1) is 11.3 Å². The number of amides is 1. The molecular formula is C16H19N3OS. The molecule has 2 aliphatic carbocycles. The van der Waals surface area contributed by atoms with Crippen LogP contribution in [0, 0.1) is 11.3 Å². The highest BCUT2D eigenvalue weighted by Gasteiger charge is 2.19. The first kappa shape index (κ1) is 14.4. The summed E-state index contributed by atoms with van der Waals surface area (Å²) in [7, 11) is 0. The van der Waals surface area contributed by atoms with Crippen LogP contribution in [0.5, 0.6) is 0 Å². The van der Waals surface area contributed by atoms with E-state index in [0.29, 0.717) is 22.4 Å². The lowest BCUT2D eigenvalue weighted by molar-refractivity contribution is -0.119. The number of thioether (sulfide) groups is 1. The molecule has 4 nitrogen and oxygen atoms in total. The summed E-state index contributed by atoms with van der Waals surface area (Å²) in [5, 5.41) is 13.0. The van der Waals surface area contributed by atoms with Crippen molar-refractivity contribution in [2.24, 2.45) is 0 Å². The smallest absolute Gasteiger partial charge is 0.230 e. The number of hydrogen-bond acceptors (Lipinski definition) is 4. The quantitative estimate of drug-likeness (QED) is 0.868. The summed E-state index contributed by atoms with van der Waals surface area (Å²) in [5.41, 5.74) is 2.91. The monoisotopic (exact) mass is 301 g/mol. The van der Waals surface area contributed by atoms with Gasteiger partial charge in [0.1, 0.15) is 11.1 Å². The van der Waals surface area contributed by atoms with E-state index in [1.165, 1.54) is 30.2 Å². The van der Waals surface area contributed by atoms with Crippen LogP contribution in [-0.4, -0.2) is 22.7 Å². The van der Waals surface area contributed by atoms with Crippen LogP contribution >= 0.6 is 11.8 Å². The van der Waals surface area contributed by atoms with E-state index in [4.69, 9.17) is 0 Å². The molecule has 0 aromatic carbocycles. The zero-order valence-electron chi connectivity index (χ0n) is 12.0. The van der Waals surface area contributed by atoms with Crippen molar-refractivity contribution in [3.05, 3.63) is 22.9 Å². The molecule has 110 valence electrons. The van der Waals surface area contributed by atoms with Gasteiger partial charge < -0.3 is 5.32 Å². The van der Waals surface area contributed by atoms with Gasteiger partial charge in [-0.05, 0) is 43.7 Å². The first-order chi connectivity index (χ1) is 10.3. The molecule has 1 saturated carbocycles. The number of nitrogens with zero attached hydrogens (tertiary/aromatic N) is 2. The predicted molar refractivity (Wildman–Crippen MR) is 82.1 cm³/mol. The molecule has 1 aromatic rings. The van der Waals surface area contributed by atoms with Crippen LogP contribution in [0.1, 0.15) is 48.9 Å². The van der Waals surface area contributed by atoms with Crippen molar-refractivity contribution >= 4 is 17.7 Å². The molecule has 1 N–H and O–H groups in total. The first-order valence-electron chi connectivity index (χ1n) is 7.61. The van der Waals surface area contributed by atoms with Crippen molar-refractivity contribution in [2.75, 3.05) is 5.75 Å². The zero-order chi connectivity index (χ0) is 14.7. The van der Waals surface area contributed by atoms with Gasteiger partial charge in [-0.1, -0.05) is 24.6 Å². The van der Waals surface area contributed by atoms with Crippen molar-refractivity contribution in [3.8, 4) is 6.07 Å². The van der Waals surface area contributed by atoms with Gasteiger partial charge in [-0.3, -0.25) is 4.79 Å². The molecule has 1 heterocycles. The molecule has 0 saturated heterocycles. The maximum atomic E-state index is 12.0. The summed E-state index contributed by atoms with van der Waals surface area (Å²) < 4.78 is 0. The summed E-state index contributed by atoms with van der Waals surface area (Å²) in [6.45, 7) is 0. The Bertz CT molecular complexity index is 588. The zero-order valence-corrected chi connectivity index (χ0v) is 12.8. The van der Waals surface area contributed by atoms with Crippen LogP contribution in [0.2, 0.25) is 0 Å². The summed E-state index contributed by atoms with van der Waals surface area (Å²) in [6.07, 6.45) is 7.73. The third kappa shape index (κ3) is 3.38. The summed E-state index contributed by atoms with van der Waals surface area (Å²) in [6, 6.07) is 4.51. The van der Waals surface area contributed by atoms with Crippen molar-refractivity contribution in [3.63, 3.8) is 0 Å². The number of aromatic nitrogens is 1. The van der Waals surface area contributed by atoms with Gasteiger partial charge in [0.15, 0.2) is 0 Å². The summed E-state index contributed by atoms with van der Waals surface area (Å²) in [4.78, 5) is 16.6. The van der Waals surface area contributed by atoms with Crippen LogP contribution in [0.3, 0.4) is 0 Å². The number of nitriles is 1. The Hall–Kier alpha value is -1.54. The molecule has 0 unspecified atom stereocenters. The van der Waals surface area contributed by atoms with Gasteiger partial charge in [-0.15, -0.1) is 0 Å². The van der Waals surface area contributed by atoms with Crippen LogP contribution in [-0.2, 0) is 17.6 Å². The number of carbonyl (C=O) groups excluding carboxylic acids is 1. The second kappa shape index (κ2) is 6.48. The normalized spacial score (nSPS) is 17.5. The van der Waals surface area contributed by atoms with E-state index < -0.39 is 0 Å². The predicted octanol–water partition coefficient (Wildman–Crippen LogP) is 2.59. The highest BCUT2D eigenvalue weighted by Crippen LogP contribution is 2.27. The van der Waals surface area contributed by atoms with E-state index >= 15 is 0 Å². The third-order valence-electron chi connectivity index (χ3n) is 4.20. The molecule has 0 aliphatic heterocycles. The van der Waals surface area contributed by atoms with Crippen LogP contribution in [0.4, 0.5) is 0 Å². The van der Waals surface area contributed by atoms with Gasteiger partial charge >= 0.3 is 0 Å². The Labute approximate surface area is 129 Å². The molecule has 1 aromatic heterocycles. The van der Waals surface area contributed by atoms with Crippen LogP contribution in [0.15, 0.2) is 11.1 Å². The molecule has 5 heteroatoms. The van der Waals surface area contributed by atoms with E-state index in [1.807, 2.05) is 6.07 Å². The lowest BCUT2D eigenvalue weighted by Gasteiger charge is -2.12. The largest absolute Gasteiger partial charge is 0.353 e. The summed E-state index contributed by atoms with van der Waals surface area (Å²) in [5.74, 6) is 0.398. The molecule has 0 bridgehead atoms.